The third-order valence-corrected chi connectivity index (χ3v) is 4.98. The van der Waals surface area contributed by atoms with Crippen LogP contribution in [0.4, 0.5) is 0 Å². The first-order valence-corrected chi connectivity index (χ1v) is 8.72. The molecule has 2 aromatic carbocycles. The van der Waals surface area contributed by atoms with Gasteiger partial charge < -0.3 is 9.47 Å². The number of alkyl halides is 1. The fourth-order valence-corrected chi connectivity index (χ4v) is 3.69. The van der Waals surface area contributed by atoms with Gasteiger partial charge in [0.25, 0.3) is 0 Å². The molecule has 1 aliphatic heterocycles. The van der Waals surface area contributed by atoms with Crippen LogP contribution in [0, 0.1) is 0 Å². The van der Waals surface area contributed by atoms with E-state index in [0.29, 0.717) is 18.2 Å². The van der Waals surface area contributed by atoms with E-state index in [0.717, 1.165) is 33.5 Å². The molecule has 0 N–H and O–H groups in total. The molecule has 0 bridgehead atoms. The monoisotopic (exact) mass is 430 g/mol. The second-order valence-corrected chi connectivity index (χ2v) is 7.09. The lowest BCUT2D eigenvalue weighted by Gasteiger charge is -2.14. The van der Waals surface area contributed by atoms with Gasteiger partial charge in [-0.05, 0) is 41.5 Å². The molecule has 0 radical (unpaired) electrons. The summed E-state index contributed by atoms with van der Waals surface area (Å²) in [4.78, 5) is 0.0460. The van der Waals surface area contributed by atoms with Gasteiger partial charge in [-0.1, -0.05) is 49.5 Å². The Morgan fingerprint density at radius 2 is 1.71 bits per heavy atom. The highest BCUT2D eigenvalue weighted by Gasteiger charge is 2.16. The van der Waals surface area contributed by atoms with Crippen molar-refractivity contribution in [3.63, 3.8) is 0 Å². The van der Waals surface area contributed by atoms with E-state index in [1.54, 1.807) is 0 Å². The quantitative estimate of drug-likeness (QED) is 0.563. The van der Waals surface area contributed by atoms with Crippen molar-refractivity contribution in [2.45, 2.75) is 11.2 Å². The number of ether oxygens (including phenoxy) is 2. The van der Waals surface area contributed by atoms with Gasteiger partial charge >= 0.3 is 0 Å². The molecule has 1 aliphatic rings. The topological polar surface area (TPSA) is 18.5 Å². The van der Waals surface area contributed by atoms with Crippen LogP contribution in [0.3, 0.4) is 0 Å². The average Bonchev–Trinajstić information content (AvgIpc) is 2.69. The molecule has 0 spiro atoms. The second kappa shape index (κ2) is 6.59. The Morgan fingerprint density at radius 3 is 2.48 bits per heavy atom. The SMILES string of the molecule is Clc1cc(Br)cc(C(Br)c2ccc3c(c2)OCCCO3)c1. The van der Waals surface area contributed by atoms with Gasteiger partial charge in [-0.3, -0.25) is 0 Å². The molecule has 110 valence electrons. The highest BCUT2D eigenvalue weighted by atomic mass is 79.9. The first-order chi connectivity index (χ1) is 10.1. The largest absolute Gasteiger partial charge is 0.490 e. The predicted molar refractivity (Wildman–Crippen MR) is 92.0 cm³/mol. The molecule has 2 aromatic rings. The molecular weight excluding hydrogens is 419 g/mol. The maximum absolute atomic E-state index is 6.12. The average molecular weight is 433 g/mol. The third kappa shape index (κ3) is 3.55. The van der Waals surface area contributed by atoms with Crippen molar-refractivity contribution in [1.29, 1.82) is 0 Å². The summed E-state index contributed by atoms with van der Waals surface area (Å²) in [7, 11) is 0. The Hall–Kier alpha value is -0.710. The van der Waals surface area contributed by atoms with E-state index in [9.17, 15) is 0 Å². The van der Waals surface area contributed by atoms with Crippen molar-refractivity contribution < 1.29 is 9.47 Å². The van der Waals surface area contributed by atoms with Crippen molar-refractivity contribution in [2.24, 2.45) is 0 Å². The zero-order valence-electron chi connectivity index (χ0n) is 11.1. The summed E-state index contributed by atoms with van der Waals surface area (Å²) in [6, 6.07) is 11.9. The minimum absolute atomic E-state index is 0.0460. The highest BCUT2D eigenvalue weighted by molar-refractivity contribution is 9.10. The molecule has 1 unspecified atom stereocenters. The molecule has 0 fully saturated rings. The van der Waals surface area contributed by atoms with Gasteiger partial charge in [0.2, 0.25) is 0 Å². The maximum atomic E-state index is 6.12. The van der Waals surface area contributed by atoms with Crippen LogP contribution >= 0.6 is 43.5 Å². The van der Waals surface area contributed by atoms with Gasteiger partial charge in [-0.25, -0.2) is 0 Å². The van der Waals surface area contributed by atoms with E-state index < -0.39 is 0 Å². The number of hydrogen-bond donors (Lipinski definition) is 0. The van der Waals surface area contributed by atoms with Crippen molar-refractivity contribution >= 4 is 43.5 Å². The van der Waals surface area contributed by atoms with Crippen LogP contribution in [-0.2, 0) is 0 Å². The van der Waals surface area contributed by atoms with Gasteiger partial charge in [-0.15, -0.1) is 0 Å². The van der Waals surface area contributed by atoms with Crippen LogP contribution in [0.5, 0.6) is 11.5 Å². The Balaban J connectivity index is 1.94. The predicted octanol–water partition coefficient (Wildman–Crippen LogP) is 5.75. The fourth-order valence-electron chi connectivity index (χ4n) is 2.25. The van der Waals surface area contributed by atoms with E-state index in [4.69, 9.17) is 21.1 Å². The van der Waals surface area contributed by atoms with Crippen LogP contribution in [0.15, 0.2) is 40.9 Å². The van der Waals surface area contributed by atoms with Crippen LogP contribution < -0.4 is 9.47 Å². The lowest BCUT2D eigenvalue weighted by atomic mass is 10.0. The molecule has 1 heterocycles. The van der Waals surface area contributed by atoms with Crippen molar-refractivity contribution in [3.05, 3.63) is 57.0 Å². The summed E-state index contributed by atoms with van der Waals surface area (Å²) >= 11 is 13.3. The standard InChI is InChI=1S/C16H13Br2ClO2/c17-12-6-11(7-13(19)9-12)16(18)10-2-3-14-15(8-10)21-5-1-4-20-14/h2-3,6-9,16H,1,4-5H2. The molecule has 5 heteroatoms. The van der Waals surface area contributed by atoms with E-state index in [1.807, 2.05) is 36.4 Å². The number of benzene rings is 2. The van der Waals surface area contributed by atoms with Gasteiger partial charge in [-0.2, -0.15) is 0 Å². The van der Waals surface area contributed by atoms with Crippen molar-refractivity contribution in [3.8, 4) is 11.5 Å². The van der Waals surface area contributed by atoms with Gasteiger partial charge in [0.05, 0.1) is 18.0 Å². The van der Waals surface area contributed by atoms with Gasteiger partial charge in [0, 0.05) is 15.9 Å². The van der Waals surface area contributed by atoms with Gasteiger partial charge in [0.15, 0.2) is 11.5 Å². The van der Waals surface area contributed by atoms with E-state index in [1.165, 1.54) is 0 Å². The second-order valence-electron chi connectivity index (χ2n) is 4.82. The third-order valence-electron chi connectivity index (χ3n) is 3.24. The molecule has 0 saturated heterocycles. The fraction of sp³-hybridized carbons (Fsp3) is 0.250. The lowest BCUT2D eigenvalue weighted by Crippen LogP contribution is -1.97. The molecule has 0 saturated carbocycles. The summed E-state index contributed by atoms with van der Waals surface area (Å²) in [5, 5.41) is 0.707. The number of hydrogen-bond acceptors (Lipinski definition) is 2. The number of rotatable bonds is 2. The minimum atomic E-state index is 0.0460. The molecule has 21 heavy (non-hydrogen) atoms. The molecule has 0 aliphatic carbocycles. The minimum Gasteiger partial charge on any atom is -0.490 e. The van der Waals surface area contributed by atoms with E-state index >= 15 is 0 Å². The van der Waals surface area contributed by atoms with E-state index in [-0.39, 0.29) is 4.83 Å². The Labute approximate surface area is 145 Å². The maximum Gasteiger partial charge on any atom is 0.161 e. The van der Waals surface area contributed by atoms with Crippen molar-refractivity contribution in [1.82, 2.24) is 0 Å². The normalized spacial score (nSPS) is 15.4. The molecule has 1 atom stereocenters. The first-order valence-electron chi connectivity index (χ1n) is 6.63. The van der Waals surface area contributed by atoms with Crippen LogP contribution in [0.2, 0.25) is 5.02 Å². The van der Waals surface area contributed by atoms with Crippen LogP contribution in [0.25, 0.3) is 0 Å². The summed E-state index contributed by atoms with van der Waals surface area (Å²) < 4.78 is 12.4. The molecule has 3 rings (SSSR count). The van der Waals surface area contributed by atoms with Gasteiger partial charge in [0.1, 0.15) is 0 Å². The zero-order chi connectivity index (χ0) is 14.8. The summed E-state index contributed by atoms with van der Waals surface area (Å²) in [5.41, 5.74) is 2.19. The zero-order valence-corrected chi connectivity index (χ0v) is 15.0. The van der Waals surface area contributed by atoms with Crippen LogP contribution in [-0.4, -0.2) is 13.2 Å². The Bertz CT molecular complexity index is 640. The Morgan fingerprint density at radius 1 is 0.952 bits per heavy atom. The smallest absolute Gasteiger partial charge is 0.161 e. The lowest BCUT2D eigenvalue weighted by molar-refractivity contribution is 0.297. The van der Waals surface area contributed by atoms with Crippen LogP contribution in [0.1, 0.15) is 22.4 Å². The highest BCUT2D eigenvalue weighted by Crippen LogP contribution is 2.38. The van der Waals surface area contributed by atoms with E-state index in [2.05, 4.69) is 31.9 Å². The molecule has 0 amide bonds. The summed E-state index contributed by atoms with van der Waals surface area (Å²) in [6.45, 7) is 1.39. The number of fused-ring (bicyclic) bond motifs is 1. The molecule has 2 nitrogen and oxygen atoms in total. The van der Waals surface area contributed by atoms with Crippen molar-refractivity contribution in [2.75, 3.05) is 13.2 Å². The summed E-state index contributed by atoms with van der Waals surface area (Å²) in [5.74, 6) is 1.61. The molecular formula is C16H13Br2ClO2. The number of halogens is 3. The molecule has 0 aromatic heterocycles. The Kier molecular flexibility index (Phi) is 4.77. The first kappa shape index (κ1) is 15.2. The summed E-state index contributed by atoms with van der Waals surface area (Å²) in [6.07, 6.45) is 0.906.